The molecule has 5 nitrogen and oxygen atoms in total. The predicted octanol–water partition coefficient (Wildman–Crippen LogP) is 2.21. The number of aryl methyl sites for hydroxylation is 1. The second-order valence-corrected chi connectivity index (χ2v) is 6.82. The van der Waals surface area contributed by atoms with Gasteiger partial charge in [-0.15, -0.1) is 0 Å². The van der Waals surface area contributed by atoms with Gasteiger partial charge in [0.05, 0.1) is 17.9 Å². The minimum atomic E-state index is 0.114. The Labute approximate surface area is 142 Å². The molecule has 0 unspecified atom stereocenters. The van der Waals surface area contributed by atoms with Gasteiger partial charge in [0, 0.05) is 31.3 Å². The monoisotopic (exact) mass is 324 g/mol. The lowest BCUT2D eigenvalue weighted by Crippen LogP contribution is -2.36. The standard InChI is InChI=1S/C19H24N4O/c1-21-18-14-23(19(24)15-7-3-2-4-8-15)12-9-16(18)17(20-21)13-22-10-5-6-11-22/h2-4,7-8H,5-6,9-14H2,1H3. The van der Waals surface area contributed by atoms with Crippen molar-refractivity contribution in [2.24, 2.45) is 7.05 Å². The van der Waals surface area contributed by atoms with Crippen molar-refractivity contribution in [3.05, 3.63) is 52.8 Å². The van der Waals surface area contributed by atoms with Gasteiger partial charge >= 0.3 is 0 Å². The zero-order chi connectivity index (χ0) is 16.5. The summed E-state index contributed by atoms with van der Waals surface area (Å²) in [5.74, 6) is 0.114. The molecule has 24 heavy (non-hydrogen) atoms. The zero-order valence-electron chi connectivity index (χ0n) is 14.2. The number of amides is 1. The number of aromatic nitrogens is 2. The molecule has 0 atom stereocenters. The van der Waals surface area contributed by atoms with E-state index in [1.54, 1.807) is 0 Å². The maximum Gasteiger partial charge on any atom is 0.254 e. The van der Waals surface area contributed by atoms with Gasteiger partial charge in [-0.2, -0.15) is 5.10 Å². The van der Waals surface area contributed by atoms with Crippen molar-refractivity contribution >= 4 is 5.91 Å². The Bertz CT molecular complexity index is 731. The van der Waals surface area contributed by atoms with Crippen molar-refractivity contribution in [2.75, 3.05) is 19.6 Å². The van der Waals surface area contributed by atoms with Crippen LogP contribution in [0.2, 0.25) is 0 Å². The Morgan fingerprint density at radius 3 is 2.62 bits per heavy atom. The summed E-state index contributed by atoms with van der Waals surface area (Å²) in [6, 6.07) is 9.55. The first-order valence-electron chi connectivity index (χ1n) is 8.82. The molecule has 2 aliphatic heterocycles. The van der Waals surface area contributed by atoms with E-state index in [9.17, 15) is 4.79 Å². The van der Waals surface area contributed by atoms with Crippen LogP contribution in [0, 0.1) is 0 Å². The molecule has 0 N–H and O–H groups in total. The first kappa shape index (κ1) is 15.4. The lowest BCUT2D eigenvalue weighted by Gasteiger charge is -2.28. The number of carbonyl (C=O) groups excluding carboxylic acids is 1. The summed E-state index contributed by atoms with van der Waals surface area (Å²) in [4.78, 5) is 17.1. The summed E-state index contributed by atoms with van der Waals surface area (Å²) in [5.41, 5.74) is 4.53. The molecule has 126 valence electrons. The largest absolute Gasteiger partial charge is 0.332 e. The molecule has 0 aliphatic carbocycles. The summed E-state index contributed by atoms with van der Waals surface area (Å²) < 4.78 is 1.98. The molecule has 3 heterocycles. The quantitative estimate of drug-likeness (QED) is 0.869. The summed E-state index contributed by atoms with van der Waals surface area (Å²) >= 11 is 0. The number of hydrogen-bond donors (Lipinski definition) is 0. The molecular formula is C19H24N4O. The van der Waals surface area contributed by atoms with E-state index in [1.165, 1.54) is 42.9 Å². The van der Waals surface area contributed by atoms with Crippen LogP contribution < -0.4 is 0 Å². The SMILES string of the molecule is Cn1nc(CN2CCCC2)c2c1CN(C(=O)c1ccccc1)CC2. The van der Waals surface area contributed by atoms with E-state index in [4.69, 9.17) is 5.10 Å². The smallest absolute Gasteiger partial charge is 0.254 e. The average molecular weight is 324 g/mol. The van der Waals surface area contributed by atoms with Crippen LogP contribution in [0.25, 0.3) is 0 Å². The number of carbonyl (C=O) groups is 1. The molecule has 0 radical (unpaired) electrons. The molecule has 1 aromatic heterocycles. The Morgan fingerprint density at radius 1 is 1.12 bits per heavy atom. The lowest BCUT2D eigenvalue weighted by atomic mass is 10.0. The van der Waals surface area contributed by atoms with Crippen molar-refractivity contribution in [3.8, 4) is 0 Å². The van der Waals surface area contributed by atoms with Gasteiger partial charge in [-0.25, -0.2) is 0 Å². The molecule has 1 fully saturated rings. The molecule has 1 aromatic carbocycles. The first-order valence-corrected chi connectivity index (χ1v) is 8.82. The number of rotatable bonds is 3. The first-order chi connectivity index (χ1) is 11.7. The molecule has 0 saturated carbocycles. The van der Waals surface area contributed by atoms with Crippen molar-refractivity contribution in [3.63, 3.8) is 0 Å². The molecule has 5 heteroatoms. The highest BCUT2D eigenvalue weighted by atomic mass is 16.2. The summed E-state index contributed by atoms with van der Waals surface area (Å²) in [6.07, 6.45) is 3.51. The van der Waals surface area contributed by atoms with Gasteiger partial charge in [0.1, 0.15) is 0 Å². The van der Waals surface area contributed by atoms with Crippen molar-refractivity contribution in [1.29, 1.82) is 0 Å². The third-order valence-electron chi connectivity index (χ3n) is 5.21. The molecule has 2 aromatic rings. The van der Waals surface area contributed by atoms with Crippen LogP contribution in [0.1, 0.15) is 40.2 Å². The van der Waals surface area contributed by atoms with Crippen LogP contribution in [0.3, 0.4) is 0 Å². The van der Waals surface area contributed by atoms with Crippen molar-refractivity contribution in [1.82, 2.24) is 19.6 Å². The number of fused-ring (bicyclic) bond motifs is 1. The van der Waals surface area contributed by atoms with Gasteiger partial charge in [0.25, 0.3) is 5.91 Å². The predicted molar refractivity (Wildman–Crippen MR) is 92.6 cm³/mol. The highest BCUT2D eigenvalue weighted by Crippen LogP contribution is 2.25. The Morgan fingerprint density at radius 2 is 1.88 bits per heavy atom. The van der Waals surface area contributed by atoms with E-state index in [2.05, 4.69) is 4.90 Å². The summed E-state index contributed by atoms with van der Waals surface area (Å²) in [5, 5.41) is 4.76. The summed E-state index contributed by atoms with van der Waals surface area (Å²) in [6.45, 7) is 4.76. The summed E-state index contributed by atoms with van der Waals surface area (Å²) in [7, 11) is 2.00. The van der Waals surface area contributed by atoms with Crippen LogP contribution in [-0.4, -0.2) is 45.1 Å². The number of hydrogen-bond acceptors (Lipinski definition) is 3. The molecule has 1 amide bonds. The third-order valence-corrected chi connectivity index (χ3v) is 5.21. The van der Waals surface area contributed by atoms with Gasteiger partial charge in [-0.1, -0.05) is 18.2 Å². The fourth-order valence-corrected chi connectivity index (χ4v) is 3.87. The van der Waals surface area contributed by atoms with Gasteiger partial charge in [-0.05, 0) is 44.5 Å². The van der Waals surface area contributed by atoms with E-state index in [1.807, 2.05) is 47.0 Å². The fraction of sp³-hybridized carbons (Fsp3) is 0.474. The average Bonchev–Trinajstić information content (AvgIpc) is 3.24. The Balaban J connectivity index is 1.53. The maximum atomic E-state index is 12.7. The van der Waals surface area contributed by atoms with Gasteiger partial charge in [0.15, 0.2) is 0 Å². The van der Waals surface area contributed by atoms with E-state index in [0.717, 1.165) is 25.1 Å². The normalized spacial score (nSPS) is 18.0. The van der Waals surface area contributed by atoms with Crippen LogP contribution in [0.5, 0.6) is 0 Å². The molecule has 0 bridgehead atoms. The van der Waals surface area contributed by atoms with Crippen LogP contribution >= 0.6 is 0 Å². The highest BCUT2D eigenvalue weighted by Gasteiger charge is 2.28. The van der Waals surface area contributed by atoms with Crippen molar-refractivity contribution in [2.45, 2.75) is 32.4 Å². The van der Waals surface area contributed by atoms with E-state index < -0.39 is 0 Å². The van der Waals surface area contributed by atoms with Crippen LogP contribution in [-0.2, 0) is 26.6 Å². The molecule has 4 rings (SSSR count). The molecule has 0 spiro atoms. The molecule has 1 saturated heterocycles. The van der Waals surface area contributed by atoms with Gasteiger partial charge in [-0.3, -0.25) is 14.4 Å². The zero-order valence-corrected chi connectivity index (χ0v) is 14.2. The highest BCUT2D eigenvalue weighted by molar-refractivity contribution is 5.94. The van der Waals surface area contributed by atoms with E-state index in [0.29, 0.717) is 6.54 Å². The van der Waals surface area contributed by atoms with E-state index in [-0.39, 0.29) is 5.91 Å². The second-order valence-electron chi connectivity index (χ2n) is 6.82. The van der Waals surface area contributed by atoms with Crippen molar-refractivity contribution < 1.29 is 4.79 Å². The lowest BCUT2D eigenvalue weighted by molar-refractivity contribution is 0.0730. The van der Waals surface area contributed by atoms with Gasteiger partial charge in [0.2, 0.25) is 0 Å². The Kier molecular flexibility index (Phi) is 4.10. The van der Waals surface area contributed by atoms with Gasteiger partial charge < -0.3 is 4.90 Å². The maximum absolute atomic E-state index is 12.7. The number of nitrogens with zero attached hydrogens (tertiary/aromatic N) is 4. The van der Waals surface area contributed by atoms with E-state index >= 15 is 0 Å². The second kappa shape index (κ2) is 6.40. The topological polar surface area (TPSA) is 41.4 Å². The van der Waals surface area contributed by atoms with Crippen LogP contribution in [0.15, 0.2) is 30.3 Å². The minimum Gasteiger partial charge on any atom is -0.332 e. The number of benzene rings is 1. The van der Waals surface area contributed by atoms with Crippen LogP contribution in [0.4, 0.5) is 0 Å². The molecule has 2 aliphatic rings. The fourth-order valence-electron chi connectivity index (χ4n) is 3.87. The minimum absolute atomic E-state index is 0.114. The Hall–Kier alpha value is -2.14. The number of likely N-dealkylation sites (tertiary alicyclic amines) is 1. The third kappa shape index (κ3) is 2.84. The molecular weight excluding hydrogens is 300 g/mol.